The van der Waals surface area contributed by atoms with E-state index in [9.17, 15) is 9.59 Å². The van der Waals surface area contributed by atoms with Crippen molar-refractivity contribution in [1.29, 1.82) is 0 Å². The normalized spacial score (nSPS) is 13.6. The molecule has 3 heteroatoms. The van der Waals surface area contributed by atoms with Crippen LogP contribution in [0, 0.1) is 5.41 Å². The number of rotatable bonds is 7. The van der Waals surface area contributed by atoms with Gasteiger partial charge in [0.15, 0.2) is 0 Å². The monoisotopic (exact) mass is 227 g/mol. The number of carbonyl (C=O) groups excluding carboxylic acids is 2. The molecule has 0 aromatic rings. The largest absolute Gasteiger partial charge is 0.308 e. The van der Waals surface area contributed by atoms with Crippen molar-refractivity contribution in [3.05, 3.63) is 0 Å². The fourth-order valence-corrected chi connectivity index (χ4v) is 1.52. The summed E-state index contributed by atoms with van der Waals surface area (Å²) in [4.78, 5) is 23.3. The van der Waals surface area contributed by atoms with Crippen molar-refractivity contribution >= 4 is 11.6 Å². The highest BCUT2D eigenvalue weighted by atomic mass is 16.1. The maximum Gasteiger partial charge on any atom is 0.149 e. The number of ketones is 2. The van der Waals surface area contributed by atoms with Gasteiger partial charge < -0.3 is 5.32 Å². The number of Topliss-reactive ketones (excluding diaryl/α,β-unsaturated/α-hetero) is 2. The van der Waals surface area contributed by atoms with Crippen LogP contribution in [-0.2, 0) is 9.59 Å². The smallest absolute Gasteiger partial charge is 0.149 e. The van der Waals surface area contributed by atoms with Gasteiger partial charge in [0, 0.05) is 18.3 Å². The Bertz CT molecular complexity index is 241. The highest BCUT2D eigenvalue weighted by Crippen LogP contribution is 2.18. The molecule has 0 aliphatic carbocycles. The van der Waals surface area contributed by atoms with Gasteiger partial charge >= 0.3 is 0 Å². The van der Waals surface area contributed by atoms with E-state index < -0.39 is 0 Å². The van der Waals surface area contributed by atoms with Crippen LogP contribution in [0.2, 0.25) is 0 Å². The second-order valence-electron chi connectivity index (χ2n) is 5.14. The first-order valence-electron chi connectivity index (χ1n) is 6.12. The first-order valence-corrected chi connectivity index (χ1v) is 6.12. The molecule has 3 nitrogen and oxygen atoms in total. The molecule has 0 heterocycles. The second kappa shape index (κ2) is 6.79. The van der Waals surface area contributed by atoms with Gasteiger partial charge in [-0.2, -0.15) is 0 Å². The molecular formula is C13H25NO2. The fraction of sp³-hybridized carbons (Fsp3) is 0.846. The van der Waals surface area contributed by atoms with E-state index in [4.69, 9.17) is 0 Å². The van der Waals surface area contributed by atoms with Gasteiger partial charge in [0.1, 0.15) is 11.6 Å². The molecule has 0 aromatic heterocycles. The van der Waals surface area contributed by atoms with E-state index in [0.29, 0.717) is 19.3 Å². The lowest BCUT2D eigenvalue weighted by atomic mass is 9.87. The quantitative estimate of drug-likeness (QED) is 0.726. The third kappa shape index (κ3) is 5.40. The van der Waals surface area contributed by atoms with E-state index >= 15 is 0 Å². The summed E-state index contributed by atoms with van der Waals surface area (Å²) in [5.41, 5.74) is -0.300. The molecule has 0 bridgehead atoms. The molecule has 0 aliphatic rings. The molecule has 0 saturated heterocycles. The molecular weight excluding hydrogens is 202 g/mol. The highest BCUT2D eigenvalue weighted by molar-refractivity contribution is 5.86. The van der Waals surface area contributed by atoms with Crippen molar-refractivity contribution in [1.82, 2.24) is 5.32 Å². The lowest BCUT2D eigenvalue weighted by Crippen LogP contribution is -2.37. The van der Waals surface area contributed by atoms with Crippen LogP contribution in [0.4, 0.5) is 0 Å². The summed E-state index contributed by atoms with van der Waals surface area (Å²) in [6.07, 6.45) is 1.63. The van der Waals surface area contributed by atoms with Crippen molar-refractivity contribution in [3.8, 4) is 0 Å². The lowest BCUT2D eigenvalue weighted by Gasteiger charge is -2.20. The Morgan fingerprint density at radius 1 is 1.19 bits per heavy atom. The maximum absolute atomic E-state index is 11.7. The Balaban J connectivity index is 4.22. The third-order valence-electron chi connectivity index (χ3n) is 2.68. The highest BCUT2D eigenvalue weighted by Gasteiger charge is 2.23. The number of nitrogens with one attached hydrogen (secondary N) is 1. The summed E-state index contributed by atoms with van der Waals surface area (Å²) < 4.78 is 0. The topological polar surface area (TPSA) is 46.2 Å². The van der Waals surface area contributed by atoms with Gasteiger partial charge in [-0.3, -0.25) is 9.59 Å². The number of hydrogen-bond acceptors (Lipinski definition) is 3. The molecule has 1 N–H and O–H groups in total. The van der Waals surface area contributed by atoms with Crippen LogP contribution in [0.25, 0.3) is 0 Å². The molecule has 0 aromatic carbocycles. The summed E-state index contributed by atoms with van der Waals surface area (Å²) in [7, 11) is 0. The van der Waals surface area contributed by atoms with Gasteiger partial charge in [-0.05, 0) is 13.0 Å². The van der Waals surface area contributed by atoms with E-state index in [-0.39, 0.29) is 23.0 Å². The number of likely N-dealkylation sites (N-methyl/N-ethyl adjacent to an activating group) is 1. The van der Waals surface area contributed by atoms with Gasteiger partial charge in [0.25, 0.3) is 0 Å². The molecule has 1 atom stereocenters. The summed E-state index contributed by atoms with van der Waals surface area (Å²) >= 11 is 0. The second-order valence-corrected chi connectivity index (χ2v) is 5.14. The van der Waals surface area contributed by atoms with E-state index in [1.807, 2.05) is 34.6 Å². The average Bonchev–Trinajstić information content (AvgIpc) is 2.21. The predicted octanol–water partition coefficient (Wildman–Crippen LogP) is 2.34. The van der Waals surface area contributed by atoms with Gasteiger partial charge in [0.05, 0.1) is 6.04 Å². The molecule has 0 spiro atoms. The third-order valence-corrected chi connectivity index (χ3v) is 2.68. The first kappa shape index (κ1) is 15.3. The summed E-state index contributed by atoms with van der Waals surface area (Å²) in [6, 6.07) is -0.152. The minimum absolute atomic E-state index is 0.152. The van der Waals surface area contributed by atoms with Crippen LogP contribution < -0.4 is 5.32 Å². The van der Waals surface area contributed by atoms with Crippen LogP contribution in [0.15, 0.2) is 0 Å². The predicted molar refractivity (Wildman–Crippen MR) is 66.5 cm³/mol. The van der Waals surface area contributed by atoms with Crippen LogP contribution in [0.3, 0.4) is 0 Å². The average molecular weight is 227 g/mol. The van der Waals surface area contributed by atoms with Crippen LogP contribution in [-0.4, -0.2) is 24.2 Å². The molecule has 0 rings (SSSR count). The van der Waals surface area contributed by atoms with Crippen LogP contribution in [0.5, 0.6) is 0 Å². The molecule has 0 aliphatic heterocycles. The Kier molecular flexibility index (Phi) is 6.49. The minimum Gasteiger partial charge on any atom is -0.308 e. The Morgan fingerprint density at radius 2 is 1.75 bits per heavy atom. The zero-order chi connectivity index (χ0) is 12.8. The summed E-state index contributed by atoms with van der Waals surface area (Å²) in [5.74, 6) is 0.419. The van der Waals surface area contributed by atoms with Gasteiger partial charge in [-0.1, -0.05) is 34.6 Å². The Labute approximate surface area is 99.0 Å². The van der Waals surface area contributed by atoms with Crippen molar-refractivity contribution in [2.75, 3.05) is 6.54 Å². The molecule has 16 heavy (non-hydrogen) atoms. The van der Waals surface area contributed by atoms with Crippen molar-refractivity contribution in [3.63, 3.8) is 0 Å². The molecule has 0 fully saturated rings. The first-order chi connectivity index (χ1) is 7.32. The molecule has 94 valence electrons. The maximum atomic E-state index is 11.7. The van der Waals surface area contributed by atoms with Crippen molar-refractivity contribution in [2.24, 2.45) is 5.41 Å². The molecule has 0 radical (unpaired) electrons. The van der Waals surface area contributed by atoms with E-state index in [1.54, 1.807) is 0 Å². The van der Waals surface area contributed by atoms with E-state index in [0.717, 1.165) is 6.54 Å². The minimum atomic E-state index is -0.300. The van der Waals surface area contributed by atoms with Gasteiger partial charge in [-0.15, -0.1) is 0 Å². The molecule has 0 unspecified atom stereocenters. The van der Waals surface area contributed by atoms with Gasteiger partial charge in [0.2, 0.25) is 0 Å². The summed E-state index contributed by atoms with van der Waals surface area (Å²) in [5, 5.41) is 3.14. The van der Waals surface area contributed by atoms with Crippen LogP contribution in [0.1, 0.15) is 53.9 Å². The fourth-order valence-electron chi connectivity index (χ4n) is 1.52. The standard InChI is InChI=1S/C13H25NO2/c1-6-11(15)10(14-7-2)8-9-12(16)13(3,4)5/h10,14H,6-9H2,1-5H3/t10-/m0/s1. The van der Waals surface area contributed by atoms with Gasteiger partial charge in [-0.25, -0.2) is 0 Å². The lowest BCUT2D eigenvalue weighted by molar-refractivity contribution is -0.126. The van der Waals surface area contributed by atoms with E-state index in [2.05, 4.69) is 5.32 Å². The van der Waals surface area contributed by atoms with Crippen LogP contribution >= 0.6 is 0 Å². The zero-order valence-electron chi connectivity index (χ0n) is 11.2. The summed E-state index contributed by atoms with van der Waals surface area (Å²) in [6.45, 7) is 10.3. The SMILES string of the molecule is CCN[C@@H](CCC(=O)C(C)(C)C)C(=O)CC. The molecule has 0 amide bonds. The Hall–Kier alpha value is -0.700. The number of carbonyl (C=O) groups is 2. The zero-order valence-corrected chi connectivity index (χ0v) is 11.2. The van der Waals surface area contributed by atoms with Crippen molar-refractivity contribution in [2.45, 2.75) is 59.9 Å². The van der Waals surface area contributed by atoms with E-state index in [1.165, 1.54) is 0 Å². The number of hydrogen-bond donors (Lipinski definition) is 1. The van der Waals surface area contributed by atoms with Crippen molar-refractivity contribution < 1.29 is 9.59 Å². The molecule has 0 saturated carbocycles. The Morgan fingerprint density at radius 3 is 2.12 bits per heavy atom.